The minimum Gasteiger partial charge on any atom is -0.497 e. The summed E-state index contributed by atoms with van der Waals surface area (Å²) in [4.78, 5) is 5.22. The van der Waals surface area contributed by atoms with Crippen LogP contribution in [0, 0.1) is 0 Å². The van der Waals surface area contributed by atoms with Gasteiger partial charge in [-0.25, -0.2) is 5.48 Å². The van der Waals surface area contributed by atoms with E-state index in [0.717, 1.165) is 17.1 Å². The maximum Gasteiger partial charge on any atom is 0.162 e. The van der Waals surface area contributed by atoms with E-state index in [1.165, 1.54) is 0 Å². The number of hydrogen-bond donors (Lipinski definition) is 1. The van der Waals surface area contributed by atoms with Crippen molar-refractivity contribution in [2.45, 2.75) is 0 Å². The smallest absolute Gasteiger partial charge is 0.162 e. The lowest BCUT2D eigenvalue weighted by atomic mass is 10.1. The van der Waals surface area contributed by atoms with E-state index in [0.29, 0.717) is 0 Å². The Morgan fingerprint density at radius 3 is 2.57 bits per heavy atom. The molecule has 0 amide bonds. The van der Waals surface area contributed by atoms with Gasteiger partial charge in [-0.3, -0.25) is 0 Å². The van der Waals surface area contributed by atoms with Crippen LogP contribution in [0.2, 0.25) is 0 Å². The van der Waals surface area contributed by atoms with Gasteiger partial charge in [-0.15, -0.1) is 0 Å². The van der Waals surface area contributed by atoms with Gasteiger partial charge in [0.15, 0.2) is 5.76 Å². The molecule has 0 fully saturated rings. The highest BCUT2D eigenvalue weighted by Crippen LogP contribution is 2.19. The van der Waals surface area contributed by atoms with Crippen LogP contribution in [0.3, 0.4) is 0 Å². The second-order valence-electron chi connectivity index (χ2n) is 2.84. The highest BCUT2D eigenvalue weighted by molar-refractivity contribution is 5.62. The fourth-order valence-electron chi connectivity index (χ4n) is 1.22. The van der Waals surface area contributed by atoms with Crippen molar-refractivity contribution in [1.29, 1.82) is 0 Å². The van der Waals surface area contributed by atoms with Crippen molar-refractivity contribution < 1.29 is 9.57 Å². The summed E-state index contributed by atoms with van der Waals surface area (Å²) in [5, 5.41) is 0. The Bertz CT molecular complexity index is 365. The molecule has 1 aromatic carbocycles. The Hall–Kier alpha value is -1.90. The molecule has 0 saturated carbocycles. The maximum atomic E-state index is 5.22. The molecule has 0 spiro atoms. The van der Waals surface area contributed by atoms with Gasteiger partial charge in [0.1, 0.15) is 5.75 Å². The van der Waals surface area contributed by atoms with Crippen molar-refractivity contribution in [2.24, 2.45) is 0 Å². The van der Waals surface area contributed by atoms with Crippen molar-refractivity contribution in [3.63, 3.8) is 0 Å². The second kappa shape index (κ2) is 3.87. The molecular formula is C11H11NO2. The highest BCUT2D eigenvalue weighted by atomic mass is 16.6. The molecule has 3 heteroatoms. The van der Waals surface area contributed by atoms with Gasteiger partial charge in [0.2, 0.25) is 0 Å². The average molecular weight is 189 g/mol. The van der Waals surface area contributed by atoms with Gasteiger partial charge < -0.3 is 9.57 Å². The summed E-state index contributed by atoms with van der Waals surface area (Å²) in [5.41, 5.74) is 3.70. The largest absolute Gasteiger partial charge is 0.497 e. The molecule has 3 nitrogen and oxygen atoms in total. The van der Waals surface area contributed by atoms with E-state index in [1.54, 1.807) is 13.3 Å². The molecule has 1 aromatic rings. The predicted molar refractivity (Wildman–Crippen MR) is 54.3 cm³/mol. The SMILES string of the molecule is COc1ccc(C2=CC=CNO2)cc1. The molecule has 0 atom stereocenters. The lowest BCUT2D eigenvalue weighted by Gasteiger charge is -2.11. The molecule has 1 N–H and O–H groups in total. The molecular weight excluding hydrogens is 178 g/mol. The number of benzene rings is 1. The topological polar surface area (TPSA) is 30.5 Å². The molecule has 0 aromatic heterocycles. The molecule has 0 aliphatic carbocycles. The Labute approximate surface area is 82.6 Å². The van der Waals surface area contributed by atoms with E-state index in [9.17, 15) is 0 Å². The Balaban J connectivity index is 2.24. The molecule has 2 rings (SSSR count). The van der Waals surface area contributed by atoms with Gasteiger partial charge >= 0.3 is 0 Å². The van der Waals surface area contributed by atoms with Crippen molar-refractivity contribution >= 4 is 5.76 Å². The highest BCUT2D eigenvalue weighted by Gasteiger charge is 2.04. The Kier molecular flexibility index (Phi) is 2.40. The Morgan fingerprint density at radius 1 is 1.21 bits per heavy atom. The van der Waals surface area contributed by atoms with Gasteiger partial charge in [0, 0.05) is 11.8 Å². The maximum absolute atomic E-state index is 5.22. The van der Waals surface area contributed by atoms with Crippen molar-refractivity contribution in [3.8, 4) is 5.75 Å². The third-order valence-corrected chi connectivity index (χ3v) is 1.96. The molecule has 1 aliphatic heterocycles. The summed E-state index contributed by atoms with van der Waals surface area (Å²) in [6.07, 6.45) is 5.52. The van der Waals surface area contributed by atoms with Gasteiger partial charge in [0.05, 0.1) is 7.11 Å². The van der Waals surface area contributed by atoms with E-state index in [1.807, 2.05) is 36.4 Å². The number of ether oxygens (including phenoxy) is 1. The van der Waals surface area contributed by atoms with E-state index >= 15 is 0 Å². The average Bonchev–Trinajstić information content (AvgIpc) is 2.30. The fraction of sp³-hybridized carbons (Fsp3) is 0.0909. The van der Waals surface area contributed by atoms with E-state index in [-0.39, 0.29) is 0 Å². The number of hydroxylamine groups is 1. The second-order valence-corrected chi connectivity index (χ2v) is 2.84. The monoisotopic (exact) mass is 189 g/mol. The Morgan fingerprint density at radius 2 is 2.00 bits per heavy atom. The van der Waals surface area contributed by atoms with Gasteiger partial charge in [-0.05, 0) is 36.4 Å². The van der Waals surface area contributed by atoms with Gasteiger partial charge in [-0.1, -0.05) is 0 Å². The zero-order chi connectivity index (χ0) is 9.80. The lowest BCUT2D eigenvalue weighted by Crippen LogP contribution is -2.08. The minimum absolute atomic E-state index is 0.801. The summed E-state index contributed by atoms with van der Waals surface area (Å²) < 4.78 is 5.07. The lowest BCUT2D eigenvalue weighted by molar-refractivity contribution is 0.198. The molecule has 0 bridgehead atoms. The molecule has 1 heterocycles. The number of nitrogens with one attached hydrogen (secondary N) is 1. The standard InChI is InChI=1S/C11H11NO2/c1-13-10-6-4-9(5-7-10)11-3-2-8-12-14-11/h2-8,12H,1H3. The number of rotatable bonds is 2. The summed E-state index contributed by atoms with van der Waals surface area (Å²) in [7, 11) is 1.65. The summed E-state index contributed by atoms with van der Waals surface area (Å²) >= 11 is 0. The van der Waals surface area contributed by atoms with Crippen molar-refractivity contribution in [3.05, 3.63) is 48.2 Å². The summed E-state index contributed by atoms with van der Waals surface area (Å²) in [6, 6.07) is 7.70. The van der Waals surface area contributed by atoms with Gasteiger partial charge in [-0.2, -0.15) is 0 Å². The normalized spacial score (nSPS) is 13.9. The van der Waals surface area contributed by atoms with Crippen LogP contribution >= 0.6 is 0 Å². The van der Waals surface area contributed by atoms with E-state index < -0.39 is 0 Å². The van der Waals surface area contributed by atoms with Crippen LogP contribution in [0.15, 0.2) is 42.6 Å². The third-order valence-electron chi connectivity index (χ3n) is 1.96. The first-order valence-corrected chi connectivity index (χ1v) is 4.34. The van der Waals surface area contributed by atoms with Crippen LogP contribution < -0.4 is 10.2 Å². The quantitative estimate of drug-likeness (QED) is 0.772. The molecule has 0 unspecified atom stereocenters. The molecule has 1 aliphatic rings. The number of hydrogen-bond acceptors (Lipinski definition) is 3. The molecule has 0 radical (unpaired) electrons. The van der Waals surface area contributed by atoms with Crippen molar-refractivity contribution in [1.82, 2.24) is 5.48 Å². The van der Waals surface area contributed by atoms with Crippen molar-refractivity contribution in [2.75, 3.05) is 7.11 Å². The van der Waals surface area contributed by atoms with Gasteiger partial charge in [0.25, 0.3) is 0 Å². The third kappa shape index (κ3) is 1.71. The van der Waals surface area contributed by atoms with Crippen LogP contribution in [-0.4, -0.2) is 7.11 Å². The first-order chi connectivity index (χ1) is 6.90. The van der Waals surface area contributed by atoms with E-state index in [2.05, 4.69) is 5.48 Å². The first-order valence-electron chi connectivity index (χ1n) is 4.34. The molecule has 14 heavy (non-hydrogen) atoms. The zero-order valence-electron chi connectivity index (χ0n) is 7.86. The number of methoxy groups -OCH3 is 1. The zero-order valence-corrected chi connectivity index (χ0v) is 7.86. The fourth-order valence-corrected chi connectivity index (χ4v) is 1.22. The number of allylic oxidation sites excluding steroid dienone is 2. The van der Waals surface area contributed by atoms with Crippen LogP contribution in [0.4, 0.5) is 0 Å². The van der Waals surface area contributed by atoms with Crippen LogP contribution in [-0.2, 0) is 4.84 Å². The van der Waals surface area contributed by atoms with Crippen LogP contribution in [0.25, 0.3) is 5.76 Å². The predicted octanol–water partition coefficient (Wildman–Crippen LogP) is 2.08. The van der Waals surface area contributed by atoms with E-state index in [4.69, 9.17) is 9.57 Å². The van der Waals surface area contributed by atoms with Crippen LogP contribution in [0.1, 0.15) is 5.56 Å². The summed E-state index contributed by atoms with van der Waals surface area (Å²) in [6.45, 7) is 0. The first kappa shape index (κ1) is 8.69. The molecule has 0 saturated heterocycles. The van der Waals surface area contributed by atoms with Crippen LogP contribution in [0.5, 0.6) is 5.75 Å². The molecule has 72 valence electrons. The minimum atomic E-state index is 0.801. The summed E-state index contributed by atoms with van der Waals surface area (Å²) in [5.74, 6) is 1.64.